The summed E-state index contributed by atoms with van der Waals surface area (Å²) in [4.78, 5) is 16.4. The van der Waals surface area contributed by atoms with E-state index in [9.17, 15) is 4.79 Å². The molecule has 1 N–H and O–H groups in total. The number of nitriles is 1. The van der Waals surface area contributed by atoms with Gasteiger partial charge in [0.15, 0.2) is 0 Å². The third kappa shape index (κ3) is 2.92. The maximum atomic E-state index is 12.2. The van der Waals surface area contributed by atoms with Crippen LogP contribution >= 0.6 is 0 Å². The quantitative estimate of drug-likeness (QED) is 0.930. The molecule has 0 aromatic carbocycles. The minimum absolute atomic E-state index is 0.163. The van der Waals surface area contributed by atoms with E-state index in [1.54, 1.807) is 29.9 Å². The molecule has 0 radical (unpaired) electrons. The number of nitrogens with one attached hydrogen (secondary N) is 1. The van der Waals surface area contributed by atoms with E-state index >= 15 is 0 Å². The number of hydrogen-bond donors (Lipinski definition) is 1. The molecule has 0 spiro atoms. The predicted octanol–water partition coefficient (Wildman–Crippen LogP) is 1.79. The number of carbonyl (C=O) groups is 1. The first-order valence-corrected chi connectivity index (χ1v) is 6.61. The highest BCUT2D eigenvalue weighted by molar-refractivity contribution is 5.92. The van der Waals surface area contributed by atoms with Gasteiger partial charge >= 0.3 is 0 Å². The maximum Gasteiger partial charge on any atom is 0.270 e. The zero-order valence-electron chi connectivity index (χ0n) is 12.5. The summed E-state index contributed by atoms with van der Waals surface area (Å²) in [7, 11) is 1.86. The summed E-state index contributed by atoms with van der Waals surface area (Å²) in [5.74, 6) is -0.265. The zero-order valence-corrected chi connectivity index (χ0v) is 12.5. The van der Waals surface area contributed by atoms with Gasteiger partial charge in [0.25, 0.3) is 5.91 Å². The van der Waals surface area contributed by atoms with E-state index in [1.165, 1.54) is 0 Å². The van der Waals surface area contributed by atoms with Crippen molar-refractivity contribution in [2.24, 2.45) is 7.05 Å². The highest BCUT2D eigenvalue weighted by Crippen LogP contribution is 2.16. The average Bonchev–Trinajstić information content (AvgIpc) is 2.78. The molecule has 2 rings (SSSR count). The van der Waals surface area contributed by atoms with Crippen LogP contribution < -0.4 is 5.32 Å². The number of amides is 1. The molecule has 0 aliphatic heterocycles. The van der Waals surface area contributed by atoms with E-state index in [1.807, 2.05) is 27.0 Å². The van der Waals surface area contributed by atoms with Crippen LogP contribution in [-0.4, -0.2) is 20.7 Å². The smallest absolute Gasteiger partial charge is 0.270 e. The van der Waals surface area contributed by atoms with Crippen molar-refractivity contribution in [3.63, 3.8) is 0 Å². The first kappa shape index (κ1) is 14.7. The number of hydrogen-bond acceptors (Lipinski definition) is 4. The van der Waals surface area contributed by atoms with E-state index in [-0.39, 0.29) is 11.9 Å². The van der Waals surface area contributed by atoms with Gasteiger partial charge in [-0.15, -0.1) is 0 Å². The van der Waals surface area contributed by atoms with Crippen LogP contribution in [0.3, 0.4) is 0 Å². The molecule has 1 atom stereocenters. The summed E-state index contributed by atoms with van der Waals surface area (Å²) in [5.41, 5.74) is 3.31. The van der Waals surface area contributed by atoms with E-state index in [0.29, 0.717) is 17.0 Å². The maximum absolute atomic E-state index is 12.2. The largest absolute Gasteiger partial charge is 0.344 e. The Balaban J connectivity index is 2.16. The molecule has 6 heteroatoms. The predicted molar refractivity (Wildman–Crippen MR) is 77.5 cm³/mol. The molecule has 0 saturated heterocycles. The van der Waals surface area contributed by atoms with E-state index in [0.717, 1.165) is 11.3 Å². The Morgan fingerprint density at radius 3 is 2.67 bits per heavy atom. The standard InChI is InChI=1S/C15H17N5O/c1-9-12(7-16)5-6-14(18-9)15(21)19-10(2)13-8-17-20(4)11(13)3/h5-6,8,10H,1-4H3,(H,19,21). The van der Waals surface area contributed by atoms with Gasteiger partial charge in [0.1, 0.15) is 11.8 Å². The van der Waals surface area contributed by atoms with Crippen molar-refractivity contribution in [1.82, 2.24) is 20.1 Å². The number of pyridine rings is 1. The lowest BCUT2D eigenvalue weighted by atomic mass is 10.1. The molecule has 0 fully saturated rings. The molecule has 108 valence electrons. The first-order chi connectivity index (χ1) is 9.93. The van der Waals surface area contributed by atoms with Crippen molar-refractivity contribution in [3.05, 3.63) is 46.5 Å². The molecule has 1 amide bonds. The number of aromatic nitrogens is 3. The minimum atomic E-state index is -0.265. The lowest BCUT2D eigenvalue weighted by Crippen LogP contribution is -2.28. The first-order valence-electron chi connectivity index (χ1n) is 6.61. The molecule has 0 saturated carbocycles. The number of aryl methyl sites for hydroxylation is 2. The van der Waals surface area contributed by atoms with Crippen LogP contribution in [0.5, 0.6) is 0 Å². The van der Waals surface area contributed by atoms with Crippen molar-refractivity contribution < 1.29 is 4.79 Å². The molecule has 1 unspecified atom stereocenters. The Morgan fingerprint density at radius 1 is 1.43 bits per heavy atom. The molecule has 2 heterocycles. The van der Waals surface area contributed by atoms with Gasteiger partial charge in [-0.25, -0.2) is 4.98 Å². The Bertz CT molecular complexity index is 726. The van der Waals surface area contributed by atoms with Gasteiger partial charge in [0.2, 0.25) is 0 Å². The second kappa shape index (κ2) is 5.75. The lowest BCUT2D eigenvalue weighted by Gasteiger charge is -2.13. The van der Waals surface area contributed by atoms with Crippen molar-refractivity contribution in [3.8, 4) is 6.07 Å². The minimum Gasteiger partial charge on any atom is -0.344 e. The zero-order chi connectivity index (χ0) is 15.6. The van der Waals surface area contributed by atoms with Gasteiger partial charge in [-0.1, -0.05) is 0 Å². The average molecular weight is 283 g/mol. The second-order valence-corrected chi connectivity index (χ2v) is 4.95. The van der Waals surface area contributed by atoms with Crippen LogP contribution in [0.4, 0.5) is 0 Å². The third-order valence-corrected chi connectivity index (χ3v) is 3.53. The number of nitrogens with zero attached hydrogens (tertiary/aromatic N) is 4. The highest BCUT2D eigenvalue weighted by atomic mass is 16.1. The van der Waals surface area contributed by atoms with Crippen molar-refractivity contribution >= 4 is 5.91 Å². The Hall–Kier alpha value is -2.68. The summed E-state index contributed by atoms with van der Waals surface area (Å²) in [5, 5.41) is 15.9. The van der Waals surface area contributed by atoms with Gasteiger partial charge in [-0.2, -0.15) is 10.4 Å². The van der Waals surface area contributed by atoms with Gasteiger partial charge in [0.05, 0.1) is 23.5 Å². The summed E-state index contributed by atoms with van der Waals surface area (Å²) in [6.07, 6.45) is 1.75. The molecule has 0 aliphatic rings. The Kier molecular flexibility index (Phi) is 4.03. The normalized spacial score (nSPS) is 11.8. The van der Waals surface area contributed by atoms with Crippen molar-refractivity contribution in [2.75, 3.05) is 0 Å². The number of rotatable bonds is 3. The molecule has 6 nitrogen and oxygen atoms in total. The summed E-state index contributed by atoms with van der Waals surface area (Å²) >= 11 is 0. The SMILES string of the molecule is Cc1nc(C(=O)NC(C)c2cnn(C)c2C)ccc1C#N. The van der Waals surface area contributed by atoms with Gasteiger partial charge in [-0.05, 0) is 32.9 Å². The van der Waals surface area contributed by atoms with E-state index in [4.69, 9.17) is 5.26 Å². The summed E-state index contributed by atoms with van der Waals surface area (Å²) < 4.78 is 1.77. The van der Waals surface area contributed by atoms with Crippen LogP contribution in [0.1, 0.15) is 46.0 Å². The molecule has 21 heavy (non-hydrogen) atoms. The van der Waals surface area contributed by atoms with Crippen LogP contribution in [-0.2, 0) is 7.05 Å². The monoisotopic (exact) mass is 283 g/mol. The summed E-state index contributed by atoms with van der Waals surface area (Å²) in [6, 6.07) is 5.04. The molecular weight excluding hydrogens is 266 g/mol. The Labute approximate surface area is 123 Å². The second-order valence-electron chi connectivity index (χ2n) is 4.95. The van der Waals surface area contributed by atoms with E-state index < -0.39 is 0 Å². The van der Waals surface area contributed by atoms with Gasteiger partial charge in [0, 0.05) is 18.3 Å². The van der Waals surface area contributed by atoms with Crippen molar-refractivity contribution in [2.45, 2.75) is 26.8 Å². The third-order valence-electron chi connectivity index (χ3n) is 3.53. The van der Waals surface area contributed by atoms with Crippen LogP contribution in [0.15, 0.2) is 18.3 Å². The number of carbonyl (C=O) groups excluding carboxylic acids is 1. The molecule has 0 aliphatic carbocycles. The van der Waals surface area contributed by atoms with Crippen LogP contribution in [0.25, 0.3) is 0 Å². The topological polar surface area (TPSA) is 83.6 Å². The fourth-order valence-electron chi connectivity index (χ4n) is 2.09. The molecular formula is C15H17N5O. The summed E-state index contributed by atoms with van der Waals surface area (Å²) in [6.45, 7) is 5.57. The highest BCUT2D eigenvalue weighted by Gasteiger charge is 2.16. The Morgan fingerprint density at radius 2 is 2.14 bits per heavy atom. The van der Waals surface area contributed by atoms with E-state index in [2.05, 4.69) is 15.4 Å². The fourth-order valence-corrected chi connectivity index (χ4v) is 2.09. The van der Waals surface area contributed by atoms with Gasteiger partial charge < -0.3 is 5.32 Å². The fraction of sp³-hybridized carbons (Fsp3) is 0.333. The molecule has 0 bridgehead atoms. The van der Waals surface area contributed by atoms with Crippen molar-refractivity contribution in [1.29, 1.82) is 5.26 Å². The van der Waals surface area contributed by atoms with Gasteiger partial charge in [-0.3, -0.25) is 9.48 Å². The lowest BCUT2D eigenvalue weighted by molar-refractivity contribution is 0.0934. The van der Waals surface area contributed by atoms with Crippen LogP contribution in [0, 0.1) is 25.2 Å². The van der Waals surface area contributed by atoms with Crippen LogP contribution in [0.2, 0.25) is 0 Å². The molecule has 2 aromatic heterocycles. The molecule has 2 aromatic rings.